The van der Waals surface area contributed by atoms with Crippen molar-refractivity contribution in [3.63, 3.8) is 0 Å². The number of nitrogens with one attached hydrogen (secondary N) is 2. The van der Waals surface area contributed by atoms with Crippen LogP contribution >= 0.6 is 0 Å². The number of hydrogen-bond donors (Lipinski definition) is 2. The van der Waals surface area contributed by atoms with Gasteiger partial charge in [0.2, 0.25) is 11.8 Å². The first-order chi connectivity index (χ1) is 14.0. The van der Waals surface area contributed by atoms with Gasteiger partial charge in [-0.15, -0.1) is 0 Å². The third kappa shape index (κ3) is 3.07. The van der Waals surface area contributed by atoms with E-state index in [0.29, 0.717) is 16.5 Å². The molecule has 0 aliphatic carbocycles. The Morgan fingerprint density at radius 1 is 1.00 bits per heavy atom. The number of piperidine rings is 2. The summed E-state index contributed by atoms with van der Waals surface area (Å²) in [5, 5.41) is 5.63. The summed E-state index contributed by atoms with van der Waals surface area (Å²) in [5.41, 5.74) is 2.13. The molecule has 1 aromatic rings. The summed E-state index contributed by atoms with van der Waals surface area (Å²) in [7, 11) is 0. The van der Waals surface area contributed by atoms with E-state index in [-0.39, 0.29) is 18.7 Å². The van der Waals surface area contributed by atoms with E-state index in [0.717, 1.165) is 43.2 Å². The van der Waals surface area contributed by atoms with E-state index in [2.05, 4.69) is 15.5 Å². The van der Waals surface area contributed by atoms with Crippen LogP contribution in [-0.2, 0) is 16.1 Å². The summed E-state index contributed by atoms with van der Waals surface area (Å²) >= 11 is 0. The largest absolute Gasteiger partial charge is 0.317 e. The molecule has 0 bridgehead atoms. The van der Waals surface area contributed by atoms with Gasteiger partial charge in [0.25, 0.3) is 11.8 Å². The van der Waals surface area contributed by atoms with Crippen LogP contribution in [0.1, 0.15) is 52.0 Å². The van der Waals surface area contributed by atoms with Gasteiger partial charge in [-0.05, 0) is 55.5 Å². The molecule has 4 aliphatic heterocycles. The van der Waals surface area contributed by atoms with Gasteiger partial charge in [0.1, 0.15) is 6.04 Å². The fourth-order valence-corrected chi connectivity index (χ4v) is 5.16. The first-order valence-electron chi connectivity index (χ1n) is 10.2. The number of imide groups is 2. The Kier molecular flexibility index (Phi) is 4.29. The van der Waals surface area contributed by atoms with Crippen LogP contribution in [0.4, 0.5) is 0 Å². The summed E-state index contributed by atoms with van der Waals surface area (Å²) in [4.78, 5) is 52.6. The Bertz CT molecular complexity index is 913. The second kappa shape index (κ2) is 6.74. The minimum absolute atomic E-state index is 0.126. The van der Waals surface area contributed by atoms with Crippen molar-refractivity contribution < 1.29 is 19.2 Å². The molecule has 8 nitrogen and oxygen atoms in total. The minimum Gasteiger partial charge on any atom is -0.317 e. The molecule has 0 aromatic heterocycles. The molecule has 4 heterocycles. The summed E-state index contributed by atoms with van der Waals surface area (Å²) in [6.45, 7) is 5.06. The van der Waals surface area contributed by atoms with Crippen molar-refractivity contribution in [3.05, 3.63) is 34.9 Å². The molecule has 8 heteroatoms. The summed E-state index contributed by atoms with van der Waals surface area (Å²) in [6.07, 6.45) is 2.72. The summed E-state index contributed by atoms with van der Waals surface area (Å²) < 4.78 is 0. The van der Waals surface area contributed by atoms with Crippen LogP contribution in [-0.4, -0.2) is 65.6 Å². The zero-order valence-corrected chi connectivity index (χ0v) is 16.2. The molecule has 152 valence electrons. The van der Waals surface area contributed by atoms with Crippen LogP contribution in [0.2, 0.25) is 0 Å². The van der Waals surface area contributed by atoms with Gasteiger partial charge < -0.3 is 5.32 Å². The molecular weight excluding hydrogens is 372 g/mol. The monoisotopic (exact) mass is 396 g/mol. The number of likely N-dealkylation sites (tertiary alicyclic amines) is 1. The number of hydrogen-bond acceptors (Lipinski definition) is 6. The van der Waals surface area contributed by atoms with Crippen LogP contribution in [0.25, 0.3) is 0 Å². The maximum absolute atomic E-state index is 12.9. The van der Waals surface area contributed by atoms with Gasteiger partial charge in [-0.3, -0.25) is 34.3 Å². The van der Waals surface area contributed by atoms with Crippen molar-refractivity contribution in [3.8, 4) is 0 Å². The lowest BCUT2D eigenvalue weighted by Gasteiger charge is -2.52. The standard InChI is InChI=1S/C21H24N4O4/c26-17-4-3-16(18(27)23-17)25-19(28)14-2-1-13(9-15(14)20(25)29)10-24-11-21(12-24)5-7-22-8-6-21/h1-2,9,16,22H,3-8,10-12H2,(H,23,26,27). The molecule has 1 atom stereocenters. The van der Waals surface area contributed by atoms with Crippen LogP contribution in [0, 0.1) is 5.41 Å². The van der Waals surface area contributed by atoms with Crippen molar-refractivity contribution in [2.75, 3.05) is 26.2 Å². The predicted octanol–water partition coefficient (Wildman–Crippen LogP) is 0.273. The Hall–Kier alpha value is -2.58. The molecule has 1 unspecified atom stereocenters. The zero-order valence-electron chi connectivity index (χ0n) is 16.2. The number of rotatable bonds is 3. The van der Waals surface area contributed by atoms with Crippen LogP contribution in [0.5, 0.6) is 0 Å². The van der Waals surface area contributed by atoms with Crippen LogP contribution in [0.15, 0.2) is 18.2 Å². The molecule has 0 radical (unpaired) electrons. The second-order valence-corrected chi connectivity index (χ2v) is 8.72. The molecule has 1 spiro atoms. The fourth-order valence-electron chi connectivity index (χ4n) is 5.16. The summed E-state index contributed by atoms with van der Waals surface area (Å²) in [6, 6.07) is 4.45. The molecule has 4 amide bonds. The van der Waals surface area contributed by atoms with Crippen molar-refractivity contribution in [2.45, 2.75) is 38.3 Å². The quantitative estimate of drug-likeness (QED) is 0.712. The zero-order chi connectivity index (χ0) is 20.2. The topological polar surface area (TPSA) is 98.8 Å². The van der Waals surface area contributed by atoms with Crippen molar-refractivity contribution in [1.29, 1.82) is 0 Å². The maximum Gasteiger partial charge on any atom is 0.262 e. The van der Waals surface area contributed by atoms with Crippen molar-refractivity contribution in [1.82, 2.24) is 20.4 Å². The number of benzene rings is 1. The smallest absolute Gasteiger partial charge is 0.262 e. The van der Waals surface area contributed by atoms with E-state index < -0.39 is 23.8 Å². The lowest BCUT2D eigenvalue weighted by Crippen LogP contribution is -2.59. The first kappa shape index (κ1) is 18.4. The number of nitrogens with zero attached hydrogens (tertiary/aromatic N) is 2. The third-order valence-corrected chi connectivity index (χ3v) is 6.69. The normalized spacial score (nSPS) is 26.5. The van der Waals surface area contributed by atoms with Gasteiger partial charge >= 0.3 is 0 Å². The van der Waals surface area contributed by atoms with Crippen LogP contribution < -0.4 is 10.6 Å². The van der Waals surface area contributed by atoms with E-state index in [1.807, 2.05) is 6.07 Å². The Balaban J connectivity index is 1.30. The molecule has 4 aliphatic rings. The molecule has 2 N–H and O–H groups in total. The highest BCUT2D eigenvalue weighted by molar-refractivity contribution is 6.23. The predicted molar refractivity (Wildman–Crippen MR) is 103 cm³/mol. The molecule has 29 heavy (non-hydrogen) atoms. The number of amides is 4. The first-order valence-corrected chi connectivity index (χ1v) is 10.2. The number of carbonyl (C=O) groups excluding carboxylic acids is 4. The van der Waals surface area contributed by atoms with E-state index in [1.165, 1.54) is 12.8 Å². The molecule has 5 rings (SSSR count). The number of fused-ring (bicyclic) bond motifs is 1. The minimum atomic E-state index is -0.918. The average molecular weight is 396 g/mol. The molecule has 1 aromatic carbocycles. The fraction of sp³-hybridized carbons (Fsp3) is 0.524. The van der Waals surface area contributed by atoms with Gasteiger partial charge in [0.15, 0.2) is 0 Å². The lowest BCUT2D eigenvalue weighted by molar-refractivity contribution is -0.136. The van der Waals surface area contributed by atoms with Crippen molar-refractivity contribution >= 4 is 23.6 Å². The maximum atomic E-state index is 12.9. The second-order valence-electron chi connectivity index (χ2n) is 8.72. The third-order valence-electron chi connectivity index (χ3n) is 6.69. The average Bonchev–Trinajstić information content (AvgIpc) is 2.92. The van der Waals surface area contributed by atoms with E-state index in [4.69, 9.17) is 0 Å². The summed E-state index contributed by atoms with van der Waals surface area (Å²) in [5.74, 6) is -1.85. The Labute approximate surface area is 168 Å². The SMILES string of the molecule is O=C1CCC(N2C(=O)c3ccc(CN4CC5(CCNCC5)C4)cc3C2=O)C(=O)N1. The van der Waals surface area contributed by atoms with Gasteiger partial charge in [0.05, 0.1) is 11.1 Å². The van der Waals surface area contributed by atoms with E-state index in [9.17, 15) is 19.2 Å². The molecule has 3 fully saturated rings. The van der Waals surface area contributed by atoms with E-state index in [1.54, 1.807) is 12.1 Å². The lowest BCUT2D eigenvalue weighted by atomic mass is 9.72. The van der Waals surface area contributed by atoms with E-state index >= 15 is 0 Å². The van der Waals surface area contributed by atoms with Gasteiger partial charge in [-0.2, -0.15) is 0 Å². The molecular formula is C21H24N4O4. The van der Waals surface area contributed by atoms with Gasteiger partial charge in [0, 0.05) is 26.1 Å². The molecule has 0 saturated carbocycles. The number of carbonyl (C=O) groups is 4. The molecule has 3 saturated heterocycles. The highest BCUT2D eigenvalue weighted by Crippen LogP contribution is 2.39. The Morgan fingerprint density at radius 2 is 1.72 bits per heavy atom. The van der Waals surface area contributed by atoms with Crippen LogP contribution in [0.3, 0.4) is 0 Å². The highest BCUT2D eigenvalue weighted by atomic mass is 16.2. The van der Waals surface area contributed by atoms with Gasteiger partial charge in [-0.25, -0.2) is 0 Å². The Morgan fingerprint density at radius 3 is 2.45 bits per heavy atom. The van der Waals surface area contributed by atoms with Gasteiger partial charge in [-0.1, -0.05) is 6.07 Å². The van der Waals surface area contributed by atoms with Crippen molar-refractivity contribution in [2.24, 2.45) is 5.41 Å². The highest BCUT2D eigenvalue weighted by Gasteiger charge is 2.45.